The average molecular weight is 413 g/mol. The van der Waals surface area contributed by atoms with E-state index in [0.717, 1.165) is 34.1 Å². The molecule has 0 saturated carbocycles. The summed E-state index contributed by atoms with van der Waals surface area (Å²) in [6.45, 7) is 2.58. The fourth-order valence-corrected chi connectivity index (χ4v) is 4.01. The molecule has 0 fully saturated rings. The number of aromatic nitrogens is 3. The first-order chi connectivity index (χ1) is 13.5. The van der Waals surface area contributed by atoms with E-state index in [9.17, 15) is 4.79 Å². The van der Waals surface area contributed by atoms with Gasteiger partial charge in [-0.15, -0.1) is 11.3 Å². The van der Waals surface area contributed by atoms with E-state index in [0.29, 0.717) is 22.9 Å². The van der Waals surface area contributed by atoms with E-state index in [1.54, 1.807) is 18.3 Å². The van der Waals surface area contributed by atoms with Gasteiger partial charge in [-0.2, -0.15) is 0 Å². The van der Waals surface area contributed by atoms with Crippen molar-refractivity contribution in [2.45, 2.75) is 19.9 Å². The van der Waals surface area contributed by atoms with Crippen molar-refractivity contribution in [3.05, 3.63) is 69.8 Å². The first kappa shape index (κ1) is 18.5. The monoisotopic (exact) mass is 412 g/mol. The standard InChI is InChI=1S/C20H17ClN4O2S/c1-12-15(19(22)26)10-17(16-11-28-20(24-16)18-6-8-23-27-18)25(12)9-7-13-2-4-14(21)5-3-13/h2-6,8,10-11H,7,9H2,1H3,(H2,22,26). The molecule has 4 rings (SSSR count). The minimum Gasteiger partial charge on any atom is -0.366 e. The van der Waals surface area contributed by atoms with Crippen LogP contribution in [0.3, 0.4) is 0 Å². The third-order valence-corrected chi connectivity index (χ3v) is 5.69. The molecule has 8 heteroatoms. The summed E-state index contributed by atoms with van der Waals surface area (Å²) >= 11 is 7.43. The lowest BCUT2D eigenvalue weighted by atomic mass is 10.1. The van der Waals surface area contributed by atoms with Gasteiger partial charge < -0.3 is 14.8 Å². The first-order valence-electron chi connectivity index (χ1n) is 8.64. The molecule has 142 valence electrons. The van der Waals surface area contributed by atoms with Gasteiger partial charge >= 0.3 is 0 Å². The van der Waals surface area contributed by atoms with Gasteiger partial charge in [-0.1, -0.05) is 28.9 Å². The Morgan fingerprint density at radius 1 is 1.29 bits per heavy atom. The first-order valence-corrected chi connectivity index (χ1v) is 9.90. The highest BCUT2D eigenvalue weighted by Gasteiger charge is 2.19. The maximum Gasteiger partial charge on any atom is 0.250 e. The molecule has 4 aromatic rings. The number of thiazole rings is 1. The Hall–Kier alpha value is -2.90. The zero-order chi connectivity index (χ0) is 19.7. The van der Waals surface area contributed by atoms with Crippen LogP contribution in [-0.2, 0) is 13.0 Å². The van der Waals surface area contributed by atoms with Gasteiger partial charge in [0, 0.05) is 28.7 Å². The van der Waals surface area contributed by atoms with Gasteiger partial charge in [0.25, 0.3) is 5.91 Å². The smallest absolute Gasteiger partial charge is 0.250 e. The number of hydrogen-bond donors (Lipinski definition) is 1. The van der Waals surface area contributed by atoms with Gasteiger partial charge in [0.05, 0.1) is 23.1 Å². The topological polar surface area (TPSA) is 86.9 Å². The highest BCUT2D eigenvalue weighted by molar-refractivity contribution is 7.13. The van der Waals surface area contributed by atoms with Crippen molar-refractivity contribution >= 4 is 28.8 Å². The molecule has 0 aliphatic rings. The zero-order valence-corrected chi connectivity index (χ0v) is 16.6. The molecule has 0 saturated heterocycles. The van der Waals surface area contributed by atoms with Gasteiger partial charge in [0.2, 0.25) is 0 Å². The second kappa shape index (κ2) is 7.61. The summed E-state index contributed by atoms with van der Waals surface area (Å²) in [5, 5.41) is 7.11. The molecular formula is C20H17ClN4O2S. The SMILES string of the molecule is Cc1c(C(N)=O)cc(-c2csc(-c3ccno3)n2)n1CCc1ccc(Cl)cc1. The quantitative estimate of drug-likeness (QED) is 0.502. The maximum absolute atomic E-state index is 11.9. The number of carbonyl (C=O) groups excluding carboxylic acids is 1. The highest BCUT2D eigenvalue weighted by Crippen LogP contribution is 2.31. The fourth-order valence-electron chi connectivity index (χ4n) is 3.12. The number of aryl methyl sites for hydroxylation is 1. The van der Waals surface area contributed by atoms with E-state index in [-0.39, 0.29) is 0 Å². The molecule has 0 atom stereocenters. The Morgan fingerprint density at radius 2 is 2.07 bits per heavy atom. The molecule has 28 heavy (non-hydrogen) atoms. The molecular weight excluding hydrogens is 396 g/mol. The fraction of sp³-hybridized carbons (Fsp3) is 0.150. The van der Waals surface area contributed by atoms with Crippen molar-refractivity contribution in [2.24, 2.45) is 5.73 Å². The maximum atomic E-state index is 11.9. The van der Waals surface area contributed by atoms with E-state index in [1.807, 2.05) is 36.6 Å². The predicted molar refractivity (Wildman–Crippen MR) is 109 cm³/mol. The summed E-state index contributed by atoms with van der Waals surface area (Å²) in [5.74, 6) is 0.164. The van der Waals surface area contributed by atoms with Crippen LogP contribution in [0.4, 0.5) is 0 Å². The Labute approximate surface area is 170 Å². The van der Waals surface area contributed by atoms with Crippen LogP contribution in [0.15, 0.2) is 52.5 Å². The Bertz CT molecular complexity index is 1110. The second-order valence-corrected chi connectivity index (χ2v) is 7.63. The molecule has 0 aliphatic heterocycles. The summed E-state index contributed by atoms with van der Waals surface area (Å²) < 4.78 is 7.26. The lowest BCUT2D eigenvalue weighted by molar-refractivity contribution is 0.0999. The summed E-state index contributed by atoms with van der Waals surface area (Å²) in [4.78, 5) is 16.5. The largest absolute Gasteiger partial charge is 0.366 e. The number of hydrogen-bond acceptors (Lipinski definition) is 5. The summed E-state index contributed by atoms with van der Waals surface area (Å²) in [6.07, 6.45) is 2.37. The van der Waals surface area contributed by atoms with Crippen molar-refractivity contribution in [1.29, 1.82) is 0 Å². The lowest BCUT2D eigenvalue weighted by Crippen LogP contribution is -2.13. The highest BCUT2D eigenvalue weighted by atomic mass is 35.5. The van der Waals surface area contributed by atoms with Gasteiger partial charge in [-0.25, -0.2) is 4.98 Å². The predicted octanol–water partition coefficient (Wildman–Crippen LogP) is 4.57. The Morgan fingerprint density at radius 3 is 2.75 bits per heavy atom. The van der Waals surface area contributed by atoms with Crippen LogP contribution in [-0.4, -0.2) is 20.6 Å². The van der Waals surface area contributed by atoms with Crippen LogP contribution in [0.25, 0.3) is 22.2 Å². The number of carbonyl (C=O) groups is 1. The number of benzene rings is 1. The van der Waals surface area contributed by atoms with Crippen molar-refractivity contribution in [3.63, 3.8) is 0 Å². The van der Waals surface area contributed by atoms with Crippen molar-refractivity contribution in [2.75, 3.05) is 0 Å². The van der Waals surface area contributed by atoms with Crippen molar-refractivity contribution in [1.82, 2.24) is 14.7 Å². The molecule has 3 aromatic heterocycles. The van der Waals surface area contributed by atoms with E-state index in [1.165, 1.54) is 11.3 Å². The molecule has 2 N–H and O–H groups in total. The van der Waals surface area contributed by atoms with Gasteiger partial charge in [0.15, 0.2) is 10.8 Å². The van der Waals surface area contributed by atoms with E-state index >= 15 is 0 Å². The van der Waals surface area contributed by atoms with E-state index in [4.69, 9.17) is 21.9 Å². The van der Waals surface area contributed by atoms with E-state index < -0.39 is 5.91 Å². The van der Waals surface area contributed by atoms with Crippen LogP contribution >= 0.6 is 22.9 Å². The van der Waals surface area contributed by atoms with Crippen LogP contribution in [0.1, 0.15) is 21.6 Å². The molecule has 6 nitrogen and oxygen atoms in total. The molecule has 0 aliphatic carbocycles. The number of amides is 1. The molecule has 0 bridgehead atoms. The third-order valence-electron chi connectivity index (χ3n) is 4.58. The van der Waals surface area contributed by atoms with Crippen molar-refractivity contribution in [3.8, 4) is 22.2 Å². The average Bonchev–Trinajstić information content (AvgIpc) is 3.41. The second-order valence-electron chi connectivity index (χ2n) is 6.34. The number of halogens is 1. The van der Waals surface area contributed by atoms with Crippen LogP contribution in [0, 0.1) is 6.92 Å². The summed E-state index contributed by atoms with van der Waals surface area (Å²) in [5.41, 5.74) is 9.67. The van der Waals surface area contributed by atoms with Gasteiger partial charge in [0.1, 0.15) is 0 Å². The number of primary amides is 1. The van der Waals surface area contributed by atoms with Crippen LogP contribution in [0.5, 0.6) is 0 Å². The summed E-state index contributed by atoms with van der Waals surface area (Å²) in [7, 11) is 0. The summed E-state index contributed by atoms with van der Waals surface area (Å²) in [6, 6.07) is 11.3. The van der Waals surface area contributed by atoms with Crippen LogP contribution < -0.4 is 5.73 Å². The van der Waals surface area contributed by atoms with Gasteiger partial charge in [-0.05, 0) is 37.1 Å². The molecule has 3 heterocycles. The number of rotatable bonds is 6. The molecule has 0 radical (unpaired) electrons. The van der Waals surface area contributed by atoms with Crippen LogP contribution in [0.2, 0.25) is 5.02 Å². The van der Waals surface area contributed by atoms with Gasteiger partial charge in [-0.3, -0.25) is 4.79 Å². The molecule has 0 spiro atoms. The molecule has 0 unspecified atom stereocenters. The van der Waals surface area contributed by atoms with Crippen molar-refractivity contribution < 1.29 is 9.32 Å². The molecule has 1 amide bonds. The zero-order valence-electron chi connectivity index (χ0n) is 15.1. The lowest BCUT2D eigenvalue weighted by Gasteiger charge is -2.11. The molecule has 1 aromatic carbocycles. The third kappa shape index (κ3) is 3.58. The minimum atomic E-state index is -0.449. The Balaban J connectivity index is 1.69. The number of nitrogens with two attached hydrogens (primary N) is 1. The minimum absolute atomic E-state index is 0.449. The normalized spacial score (nSPS) is 11.1. The number of nitrogens with zero attached hydrogens (tertiary/aromatic N) is 3. The Kier molecular flexibility index (Phi) is 5.02. The van der Waals surface area contributed by atoms with E-state index in [2.05, 4.69) is 14.7 Å².